The molecule has 0 radical (unpaired) electrons. The molecular weight excluding hydrogens is 303 g/mol. The Balaban J connectivity index is 2.20. The molecule has 0 bridgehead atoms. The molecule has 0 aliphatic carbocycles. The molecule has 1 saturated heterocycles. The minimum absolute atomic E-state index is 0.0587. The van der Waals surface area contributed by atoms with E-state index < -0.39 is 17.5 Å². The third kappa shape index (κ3) is 4.14. The van der Waals surface area contributed by atoms with E-state index in [0.29, 0.717) is 19.5 Å². The van der Waals surface area contributed by atoms with E-state index in [2.05, 4.69) is 0 Å². The molecule has 1 aliphatic rings. The second-order valence-electron chi connectivity index (χ2n) is 5.13. The van der Waals surface area contributed by atoms with Gasteiger partial charge in [0.25, 0.3) is 5.91 Å². The zero-order chi connectivity index (χ0) is 15.6. The molecule has 0 spiro atoms. The number of aliphatic hydroxyl groups excluding tert-OH is 1. The maximum absolute atomic E-state index is 12.5. The number of hydrogen-bond donors (Lipinski definition) is 1. The number of carbonyl (C=O) groups excluding carboxylic acids is 1. The monoisotopic (exact) mass is 319 g/mol. The summed E-state index contributed by atoms with van der Waals surface area (Å²) in [5, 5.41) is 9.66. The molecule has 116 valence electrons. The van der Waals surface area contributed by atoms with Crippen LogP contribution in [0.1, 0.15) is 23.7 Å². The van der Waals surface area contributed by atoms with Crippen molar-refractivity contribution >= 4 is 17.7 Å². The fourth-order valence-corrected chi connectivity index (χ4v) is 3.01. The molecule has 7 heteroatoms. The molecule has 3 nitrogen and oxygen atoms in total. The standard InChI is InChI=1S/C14H16F3NO2S/c1-9-8-18(7-6-11(9)19)13(20)10-4-2-3-5-12(10)21-14(15,16)17/h2-5,9,11,19H,6-8H2,1H3. The second kappa shape index (κ2) is 6.27. The van der Waals surface area contributed by atoms with E-state index in [1.54, 1.807) is 6.07 Å². The Labute approximate surface area is 125 Å². The van der Waals surface area contributed by atoms with Crippen molar-refractivity contribution in [1.29, 1.82) is 0 Å². The van der Waals surface area contributed by atoms with E-state index in [4.69, 9.17) is 0 Å². The van der Waals surface area contributed by atoms with Gasteiger partial charge in [-0.25, -0.2) is 0 Å². The van der Waals surface area contributed by atoms with E-state index in [1.807, 2.05) is 6.92 Å². The molecule has 0 aromatic heterocycles. The van der Waals surface area contributed by atoms with Crippen LogP contribution in [0.4, 0.5) is 13.2 Å². The van der Waals surface area contributed by atoms with Gasteiger partial charge in [-0.1, -0.05) is 19.1 Å². The van der Waals surface area contributed by atoms with Crippen LogP contribution in [-0.4, -0.2) is 40.6 Å². The van der Waals surface area contributed by atoms with E-state index in [1.165, 1.54) is 23.1 Å². The quantitative estimate of drug-likeness (QED) is 0.852. The lowest BCUT2D eigenvalue weighted by atomic mass is 9.96. The molecule has 1 aromatic carbocycles. The fraction of sp³-hybridized carbons (Fsp3) is 0.500. The van der Waals surface area contributed by atoms with Gasteiger partial charge in [0, 0.05) is 18.0 Å². The van der Waals surface area contributed by atoms with E-state index >= 15 is 0 Å². The number of amides is 1. The lowest BCUT2D eigenvalue weighted by Gasteiger charge is -2.34. The Hall–Kier alpha value is -1.21. The summed E-state index contributed by atoms with van der Waals surface area (Å²) >= 11 is -0.276. The Morgan fingerprint density at radius 2 is 2.05 bits per heavy atom. The van der Waals surface area contributed by atoms with Gasteiger partial charge in [-0.3, -0.25) is 4.79 Å². The van der Waals surface area contributed by atoms with Crippen LogP contribution in [0.2, 0.25) is 0 Å². The van der Waals surface area contributed by atoms with Crippen LogP contribution in [0.3, 0.4) is 0 Å². The molecule has 1 fully saturated rings. The van der Waals surface area contributed by atoms with Gasteiger partial charge in [-0.2, -0.15) is 13.2 Å². The highest BCUT2D eigenvalue weighted by Gasteiger charge is 2.33. The summed E-state index contributed by atoms with van der Waals surface area (Å²) in [5.74, 6) is -0.494. The molecule has 1 aromatic rings. The summed E-state index contributed by atoms with van der Waals surface area (Å²) in [6, 6.07) is 5.74. The third-order valence-corrected chi connectivity index (χ3v) is 4.30. The lowest BCUT2D eigenvalue weighted by Crippen LogP contribution is -2.45. The number of thioether (sulfide) groups is 1. The summed E-state index contributed by atoms with van der Waals surface area (Å²) in [5.41, 5.74) is -4.37. The van der Waals surface area contributed by atoms with Crippen LogP contribution in [0.15, 0.2) is 29.2 Å². The number of alkyl halides is 3. The maximum Gasteiger partial charge on any atom is 0.446 e. The molecule has 2 atom stereocenters. The molecular formula is C14H16F3NO2S. The predicted octanol–water partition coefficient (Wildman–Crippen LogP) is 3.14. The Morgan fingerprint density at radius 1 is 1.38 bits per heavy atom. The van der Waals surface area contributed by atoms with Gasteiger partial charge in [0.2, 0.25) is 0 Å². The highest BCUT2D eigenvalue weighted by Crippen LogP contribution is 2.38. The van der Waals surface area contributed by atoms with Gasteiger partial charge in [0.15, 0.2) is 0 Å². The summed E-state index contributed by atoms with van der Waals surface area (Å²) in [4.78, 5) is 13.8. The highest BCUT2D eigenvalue weighted by molar-refractivity contribution is 8.00. The molecule has 2 rings (SSSR count). The van der Waals surface area contributed by atoms with Crippen molar-refractivity contribution in [3.05, 3.63) is 29.8 Å². The second-order valence-corrected chi connectivity index (χ2v) is 6.24. The largest absolute Gasteiger partial charge is 0.446 e. The van der Waals surface area contributed by atoms with Crippen LogP contribution >= 0.6 is 11.8 Å². The Morgan fingerprint density at radius 3 is 2.67 bits per heavy atom. The van der Waals surface area contributed by atoms with Crippen molar-refractivity contribution in [3.8, 4) is 0 Å². The lowest BCUT2D eigenvalue weighted by molar-refractivity contribution is -0.0328. The third-order valence-electron chi connectivity index (χ3n) is 3.49. The first-order chi connectivity index (χ1) is 9.78. The molecule has 2 unspecified atom stereocenters. The van der Waals surface area contributed by atoms with Crippen molar-refractivity contribution in [1.82, 2.24) is 4.90 Å². The van der Waals surface area contributed by atoms with Crippen molar-refractivity contribution in [3.63, 3.8) is 0 Å². The number of aliphatic hydroxyl groups is 1. The number of carbonyl (C=O) groups is 1. The van der Waals surface area contributed by atoms with E-state index in [0.717, 1.165) is 0 Å². The summed E-state index contributed by atoms with van der Waals surface area (Å²) < 4.78 is 37.6. The number of nitrogens with zero attached hydrogens (tertiary/aromatic N) is 1. The number of halogens is 3. The van der Waals surface area contributed by atoms with E-state index in [9.17, 15) is 23.1 Å². The fourth-order valence-electron chi connectivity index (χ4n) is 2.35. The minimum atomic E-state index is -4.43. The van der Waals surface area contributed by atoms with Crippen LogP contribution in [0.5, 0.6) is 0 Å². The van der Waals surface area contributed by atoms with Gasteiger partial charge in [-0.05, 0) is 36.2 Å². The molecule has 1 amide bonds. The van der Waals surface area contributed by atoms with Crippen molar-refractivity contribution in [2.45, 2.75) is 29.9 Å². The number of rotatable bonds is 2. The molecule has 0 saturated carbocycles. The molecule has 1 aliphatic heterocycles. The van der Waals surface area contributed by atoms with Crippen molar-refractivity contribution < 1.29 is 23.1 Å². The minimum Gasteiger partial charge on any atom is -0.393 e. The summed E-state index contributed by atoms with van der Waals surface area (Å²) in [6.45, 7) is 2.53. The smallest absolute Gasteiger partial charge is 0.393 e. The molecule has 1 heterocycles. The first kappa shape index (κ1) is 16.2. The van der Waals surface area contributed by atoms with Crippen LogP contribution in [0, 0.1) is 5.92 Å². The van der Waals surface area contributed by atoms with Gasteiger partial charge in [-0.15, -0.1) is 0 Å². The zero-order valence-corrected chi connectivity index (χ0v) is 12.2. The Kier molecular flexibility index (Phi) is 4.83. The van der Waals surface area contributed by atoms with Crippen LogP contribution in [-0.2, 0) is 0 Å². The van der Waals surface area contributed by atoms with Crippen LogP contribution < -0.4 is 0 Å². The highest BCUT2D eigenvalue weighted by atomic mass is 32.2. The topological polar surface area (TPSA) is 40.5 Å². The average Bonchev–Trinajstić information content (AvgIpc) is 2.40. The Bertz CT molecular complexity index is 521. The van der Waals surface area contributed by atoms with Crippen LogP contribution in [0.25, 0.3) is 0 Å². The number of hydrogen-bond acceptors (Lipinski definition) is 3. The van der Waals surface area contributed by atoms with Gasteiger partial charge in [0.05, 0.1) is 11.7 Å². The first-order valence-electron chi connectivity index (χ1n) is 6.60. The summed E-state index contributed by atoms with van der Waals surface area (Å²) in [6.07, 6.45) is -0.0181. The van der Waals surface area contributed by atoms with Crippen molar-refractivity contribution in [2.24, 2.45) is 5.92 Å². The van der Waals surface area contributed by atoms with E-state index in [-0.39, 0.29) is 28.1 Å². The number of benzene rings is 1. The molecule has 1 N–H and O–H groups in total. The normalized spacial score (nSPS) is 23.2. The van der Waals surface area contributed by atoms with Gasteiger partial charge < -0.3 is 10.0 Å². The van der Waals surface area contributed by atoms with Crippen molar-refractivity contribution in [2.75, 3.05) is 13.1 Å². The average molecular weight is 319 g/mol. The SMILES string of the molecule is CC1CN(C(=O)c2ccccc2SC(F)(F)F)CCC1O. The summed E-state index contributed by atoms with van der Waals surface area (Å²) in [7, 11) is 0. The molecule has 21 heavy (non-hydrogen) atoms. The van der Waals surface area contributed by atoms with Gasteiger partial charge in [0.1, 0.15) is 0 Å². The number of likely N-dealkylation sites (tertiary alicyclic amines) is 1. The maximum atomic E-state index is 12.5. The zero-order valence-electron chi connectivity index (χ0n) is 11.4. The number of piperidine rings is 1. The first-order valence-corrected chi connectivity index (χ1v) is 7.41. The van der Waals surface area contributed by atoms with Gasteiger partial charge >= 0.3 is 5.51 Å². The predicted molar refractivity (Wildman–Crippen MR) is 74.0 cm³/mol.